The summed E-state index contributed by atoms with van der Waals surface area (Å²) in [5.74, 6) is 3.52. The van der Waals surface area contributed by atoms with Crippen molar-refractivity contribution in [2.24, 2.45) is 0 Å². The van der Waals surface area contributed by atoms with Gasteiger partial charge < -0.3 is 14.6 Å². The molecule has 108 valence electrons. The van der Waals surface area contributed by atoms with Crippen molar-refractivity contribution in [1.29, 1.82) is 0 Å². The lowest BCUT2D eigenvalue weighted by molar-refractivity contribution is 0.0945. The molecule has 2 aromatic rings. The molecule has 5 nitrogen and oxygen atoms in total. The van der Waals surface area contributed by atoms with Gasteiger partial charge in [0.1, 0.15) is 18.1 Å². The summed E-state index contributed by atoms with van der Waals surface area (Å²) in [6, 6.07) is 9.20. The number of aromatic nitrogens is 1. The standard InChI is InChI=1S/C16H16N2O3/c1-3-10-20-14-6-4-13(5-7-14)8-9-17-16(19)15-11-12(2)21-18-15/h1,4-7,11H,8-10H2,2H3,(H,17,19). The number of carbonyl (C=O) groups is 1. The fraction of sp³-hybridized carbons (Fsp3) is 0.250. The average Bonchev–Trinajstić information content (AvgIpc) is 2.93. The molecule has 1 N–H and O–H groups in total. The summed E-state index contributed by atoms with van der Waals surface area (Å²) in [6.45, 7) is 2.52. The van der Waals surface area contributed by atoms with Gasteiger partial charge in [0, 0.05) is 12.6 Å². The highest BCUT2D eigenvalue weighted by Crippen LogP contribution is 2.12. The minimum absolute atomic E-state index is 0.235. The maximum Gasteiger partial charge on any atom is 0.273 e. The second-order valence-electron chi connectivity index (χ2n) is 4.47. The zero-order valence-corrected chi connectivity index (χ0v) is 11.8. The Morgan fingerprint density at radius 1 is 1.43 bits per heavy atom. The second kappa shape index (κ2) is 7.15. The molecule has 0 fully saturated rings. The molecule has 0 spiro atoms. The topological polar surface area (TPSA) is 64.4 Å². The Kier molecular flexibility index (Phi) is 4.99. The van der Waals surface area contributed by atoms with Gasteiger partial charge in [-0.15, -0.1) is 6.42 Å². The van der Waals surface area contributed by atoms with E-state index in [4.69, 9.17) is 15.7 Å². The van der Waals surface area contributed by atoms with E-state index in [0.717, 1.165) is 17.7 Å². The Balaban J connectivity index is 1.78. The number of terminal acetylenes is 1. The number of carbonyl (C=O) groups excluding carboxylic acids is 1. The van der Waals surface area contributed by atoms with Crippen LogP contribution in [-0.4, -0.2) is 24.2 Å². The van der Waals surface area contributed by atoms with E-state index in [1.165, 1.54) is 0 Å². The van der Waals surface area contributed by atoms with Gasteiger partial charge in [0.25, 0.3) is 5.91 Å². The summed E-state index contributed by atoms with van der Waals surface area (Å²) in [5, 5.41) is 6.45. The number of aryl methyl sites for hydroxylation is 1. The predicted octanol–water partition coefficient (Wildman–Crippen LogP) is 1.97. The van der Waals surface area contributed by atoms with E-state index in [1.807, 2.05) is 24.3 Å². The quantitative estimate of drug-likeness (QED) is 0.824. The minimum atomic E-state index is -0.235. The molecule has 0 radical (unpaired) electrons. The van der Waals surface area contributed by atoms with Crippen LogP contribution in [-0.2, 0) is 6.42 Å². The number of nitrogens with one attached hydrogen (secondary N) is 1. The molecule has 0 aliphatic carbocycles. The fourth-order valence-corrected chi connectivity index (χ4v) is 1.76. The summed E-state index contributed by atoms with van der Waals surface area (Å²) in [5.41, 5.74) is 1.39. The highest BCUT2D eigenvalue weighted by molar-refractivity contribution is 5.92. The van der Waals surface area contributed by atoms with Crippen molar-refractivity contribution in [3.05, 3.63) is 47.3 Å². The third-order valence-electron chi connectivity index (χ3n) is 2.81. The van der Waals surface area contributed by atoms with E-state index >= 15 is 0 Å². The molecule has 1 aromatic carbocycles. The summed E-state index contributed by atoms with van der Waals surface area (Å²) < 4.78 is 10.1. The number of hydrogen-bond acceptors (Lipinski definition) is 4. The highest BCUT2D eigenvalue weighted by Gasteiger charge is 2.09. The molecular formula is C16H16N2O3. The number of ether oxygens (including phenoxy) is 1. The first-order chi connectivity index (χ1) is 10.2. The van der Waals surface area contributed by atoms with Crippen LogP contribution in [0.4, 0.5) is 0 Å². The zero-order valence-electron chi connectivity index (χ0n) is 11.8. The lowest BCUT2D eigenvalue weighted by Gasteiger charge is -2.05. The lowest BCUT2D eigenvalue weighted by Crippen LogP contribution is -2.25. The zero-order chi connectivity index (χ0) is 15.1. The van der Waals surface area contributed by atoms with Crippen LogP contribution >= 0.6 is 0 Å². The first kappa shape index (κ1) is 14.7. The normalized spacial score (nSPS) is 9.90. The third kappa shape index (κ3) is 4.39. The van der Waals surface area contributed by atoms with Gasteiger partial charge in [-0.25, -0.2) is 0 Å². The van der Waals surface area contributed by atoms with Crippen molar-refractivity contribution in [3.8, 4) is 18.1 Å². The van der Waals surface area contributed by atoms with Crippen LogP contribution < -0.4 is 10.1 Å². The van der Waals surface area contributed by atoms with E-state index in [0.29, 0.717) is 18.0 Å². The second-order valence-corrected chi connectivity index (χ2v) is 4.47. The number of amides is 1. The molecule has 1 amide bonds. The van der Waals surface area contributed by atoms with E-state index < -0.39 is 0 Å². The van der Waals surface area contributed by atoms with Gasteiger partial charge in [0.05, 0.1) is 0 Å². The molecule has 21 heavy (non-hydrogen) atoms. The van der Waals surface area contributed by atoms with E-state index in [-0.39, 0.29) is 12.5 Å². The molecule has 1 heterocycles. The number of nitrogens with zero attached hydrogens (tertiary/aromatic N) is 1. The maximum atomic E-state index is 11.7. The van der Waals surface area contributed by atoms with Gasteiger partial charge in [0.15, 0.2) is 5.69 Å². The van der Waals surface area contributed by atoms with Crippen molar-refractivity contribution < 1.29 is 14.1 Å². The Bertz CT molecular complexity index is 638. The van der Waals surface area contributed by atoms with Crippen LogP contribution in [0, 0.1) is 19.3 Å². The van der Waals surface area contributed by atoms with Crippen LogP contribution in [0.3, 0.4) is 0 Å². The van der Waals surface area contributed by atoms with E-state index in [1.54, 1.807) is 13.0 Å². The summed E-state index contributed by atoms with van der Waals surface area (Å²) in [6.07, 6.45) is 5.84. The predicted molar refractivity (Wildman–Crippen MR) is 78.0 cm³/mol. The number of benzene rings is 1. The van der Waals surface area contributed by atoms with Crippen LogP contribution in [0.1, 0.15) is 21.8 Å². The minimum Gasteiger partial charge on any atom is -0.481 e. The smallest absolute Gasteiger partial charge is 0.273 e. The van der Waals surface area contributed by atoms with Crippen molar-refractivity contribution >= 4 is 5.91 Å². The van der Waals surface area contributed by atoms with E-state index in [9.17, 15) is 4.79 Å². The van der Waals surface area contributed by atoms with Gasteiger partial charge in [-0.3, -0.25) is 4.79 Å². The molecule has 2 rings (SSSR count). The molecule has 0 saturated heterocycles. The van der Waals surface area contributed by atoms with Crippen LogP contribution in [0.2, 0.25) is 0 Å². The summed E-state index contributed by atoms with van der Waals surface area (Å²) in [4.78, 5) is 11.7. The van der Waals surface area contributed by atoms with Crippen LogP contribution in [0.15, 0.2) is 34.9 Å². The SMILES string of the molecule is C#CCOc1ccc(CCNC(=O)c2cc(C)on2)cc1. The maximum absolute atomic E-state index is 11.7. The van der Waals surface area contributed by atoms with Crippen LogP contribution in [0.25, 0.3) is 0 Å². The molecule has 0 unspecified atom stereocenters. The summed E-state index contributed by atoms with van der Waals surface area (Å²) >= 11 is 0. The van der Waals surface area contributed by atoms with Gasteiger partial charge in [-0.1, -0.05) is 23.2 Å². The Morgan fingerprint density at radius 2 is 2.19 bits per heavy atom. The molecule has 0 saturated carbocycles. The fourth-order valence-electron chi connectivity index (χ4n) is 1.76. The lowest BCUT2D eigenvalue weighted by atomic mass is 10.1. The molecule has 0 atom stereocenters. The Labute approximate surface area is 123 Å². The molecule has 0 bridgehead atoms. The van der Waals surface area contributed by atoms with Crippen molar-refractivity contribution in [2.45, 2.75) is 13.3 Å². The van der Waals surface area contributed by atoms with Crippen molar-refractivity contribution in [2.75, 3.05) is 13.2 Å². The monoisotopic (exact) mass is 284 g/mol. The first-order valence-electron chi connectivity index (χ1n) is 6.56. The Hall–Kier alpha value is -2.74. The van der Waals surface area contributed by atoms with Crippen LogP contribution in [0.5, 0.6) is 5.75 Å². The number of rotatable bonds is 6. The number of hydrogen-bond donors (Lipinski definition) is 1. The van der Waals surface area contributed by atoms with Crippen molar-refractivity contribution in [3.63, 3.8) is 0 Å². The van der Waals surface area contributed by atoms with Gasteiger partial charge in [-0.2, -0.15) is 0 Å². The van der Waals surface area contributed by atoms with Crippen molar-refractivity contribution in [1.82, 2.24) is 10.5 Å². The van der Waals surface area contributed by atoms with E-state index in [2.05, 4.69) is 16.4 Å². The molecule has 5 heteroatoms. The average molecular weight is 284 g/mol. The van der Waals surface area contributed by atoms with Gasteiger partial charge >= 0.3 is 0 Å². The summed E-state index contributed by atoms with van der Waals surface area (Å²) in [7, 11) is 0. The van der Waals surface area contributed by atoms with Gasteiger partial charge in [-0.05, 0) is 31.0 Å². The third-order valence-corrected chi connectivity index (χ3v) is 2.81. The molecular weight excluding hydrogens is 268 g/mol. The molecule has 1 aromatic heterocycles. The molecule has 0 aliphatic rings. The Morgan fingerprint density at radius 3 is 2.81 bits per heavy atom. The first-order valence-corrected chi connectivity index (χ1v) is 6.56. The highest BCUT2D eigenvalue weighted by atomic mass is 16.5. The largest absolute Gasteiger partial charge is 0.481 e. The molecule has 0 aliphatic heterocycles. The van der Waals surface area contributed by atoms with Gasteiger partial charge in [0.2, 0.25) is 0 Å².